The molecule has 0 spiro atoms. The Morgan fingerprint density at radius 2 is 0.933 bits per heavy atom. The lowest BCUT2D eigenvalue weighted by atomic mass is 10.1. The molecular formula is C28H26OP+. The van der Waals surface area contributed by atoms with Crippen LogP contribution in [0.4, 0.5) is 0 Å². The van der Waals surface area contributed by atoms with Gasteiger partial charge in [-0.3, -0.25) is 4.79 Å². The largest absolute Gasteiger partial charge is 0.300 e. The smallest absolute Gasteiger partial charge is 0.134 e. The van der Waals surface area contributed by atoms with Crippen molar-refractivity contribution in [3.8, 4) is 0 Å². The lowest BCUT2D eigenvalue weighted by Gasteiger charge is -2.34. The van der Waals surface area contributed by atoms with E-state index in [2.05, 4.69) is 115 Å². The number of carbonyl (C=O) groups excluding carboxylic acids is 1. The number of ketones is 1. The number of benzene rings is 4. The number of carbonyl (C=O) groups is 1. The average Bonchev–Trinajstić information content (AvgIpc) is 2.81. The molecule has 148 valence electrons. The normalized spacial score (nSPS) is 12.3. The summed E-state index contributed by atoms with van der Waals surface area (Å²) in [6.07, 6.45) is 0.510. The molecule has 1 nitrogen and oxygen atoms in total. The summed E-state index contributed by atoms with van der Waals surface area (Å²) in [5.74, 6) is 0.219. The van der Waals surface area contributed by atoms with Gasteiger partial charge in [0.15, 0.2) is 0 Å². The molecule has 0 heterocycles. The predicted octanol–water partition coefficient (Wildman–Crippen LogP) is 5.70. The predicted molar refractivity (Wildman–Crippen MR) is 130 cm³/mol. The Morgan fingerprint density at radius 1 is 0.600 bits per heavy atom. The van der Waals surface area contributed by atoms with Crippen LogP contribution in [0.25, 0.3) is 0 Å². The number of hydrogen-bond acceptors (Lipinski definition) is 1. The van der Waals surface area contributed by atoms with Crippen molar-refractivity contribution in [2.45, 2.75) is 19.0 Å². The van der Waals surface area contributed by atoms with E-state index in [0.29, 0.717) is 6.42 Å². The highest BCUT2D eigenvalue weighted by Crippen LogP contribution is 2.67. The number of Topliss-reactive ketones (excluding diaryl/α,β-unsaturated/α-hetero) is 1. The van der Waals surface area contributed by atoms with Crippen LogP contribution in [0.5, 0.6) is 0 Å². The summed E-state index contributed by atoms with van der Waals surface area (Å²) in [5.41, 5.74) is 1.29. The van der Waals surface area contributed by atoms with Gasteiger partial charge < -0.3 is 0 Å². The molecule has 2 heteroatoms. The van der Waals surface area contributed by atoms with Crippen molar-refractivity contribution in [1.29, 1.82) is 0 Å². The Balaban J connectivity index is 2.12. The van der Waals surface area contributed by atoms with E-state index in [1.54, 1.807) is 6.92 Å². The van der Waals surface area contributed by atoms with Gasteiger partial charge in [0.1, 0.15) is 34.6 Å². The zero-order valence-electron chi connectivity index (χ0n) is 17.2. The van der Waals surface area contributed by atoms with E-state index in [9.17, 15) is 4.79 Å². The zero-order chi connectivity index (χ0) is 20.8. The topological polar surface area (TPSA) is 17.1 Å². The fraction of sp³-hybridized carbons (Fsp3) is 0.107. The molecule has 0 aromatic heterocycles. The minimum Gasteiger partial charge on any atom is -0.300 e. The molecule has 0 aliphatic heterocycles. The van der Waals surface area contributed by atoms with Gasteiger partial charge in [0.25, 0.3) is 0 Å². The highest BCUT2D eigenvalue weighted by molar-refractivity contribution is 7.96. The Bertz CT molecular complexity index is 980. The van der Waals surface area contributed by atoms with Crippen molar-refractivity contribution in [1.82, 2.24) is 0 Å². The zero-order valence-corrected chi connectivity index (χ0v) is 18.1. The van der Waals surface area contributed by atoms with Crippen molar-refractivity contribution >= 4 is 29.0 Å². The molecule has 30 heavy (non-hydrogen) atoms. The summed E-state index contributed by atoms with van der Waals surface area (Å²) in [5, 5.41) is 3.91. The molecule has 0 saturated heterocycles. The first-order valence-corrected chi connectivity index (χ1v) is 12.2. The summed E-state index contributed by atoms with van der Waals surface area (Å²) in [6.45, 7) is 1.71. The second kappa shape index (κ2) is 9.20. The second-order valence-electron chi connectivity index (χ2n) is 7.56. The summed E-state index contributed by atoms with van der Waals surface area (Å²) >= 11 is 0. The molecule has 0 radical (unpaired) electrons. The van der Waals surface area contributed by atoms with Crippen LogP contribution >= 0.6 is 7.26 Å². The third kappa shape index (κ3) is 3.86. The van der Waals surface area contributed by atoms with Crippen molar-refractivity contribution in [2.24, 2.45) is 0 Å². The Hall–Kier alpha value is -3.02. The molecule has 4 rings (SSSR count). The molecule has 0 aliphatic carbocycles. The molecule has 1 atom stereocenters. The van der Waals surface area contributed by atoms with Gasteiger partial charge in [-0.15, -0.1) is 0 Å². The van der Waals surface area contributed by atoms with Gasteiger partial charge in [0, 0.05) is 6.42 Å². The van der Waals surface area contributed by atoms with Gasteiger partial charge >= 0.3 is 0 Å². The molecule has 0 aliphatic rings. The van der Waals surface area contributed by atoms with E-state index in [4.69, 9.17) is 0 Å². The van der Waals surface area contributed by atoms with E-state index in [-0.39, 0.29) is 11.4 Å². The molecule has 0 bridgehead atoms. The summed E-state index contributed by atoms with van der Waals surface area (Å²) in [4.78, 5) is 12.6. The van der Waals surface area contributed by atoms with Gasteiger partial charge in [-0.2, -0.15) is 0 Å². The molecule has 0 amide bonds. The van der Waals surface area contributed by atoms with Crippen LogP contribution in [0.3, 0.4) is 0 Å². The van der Waals surface area contributed by atoms with Crippen LogP contribution in [0.1, 0.15) is 24.6 Å². The summed E-state index contributed by atoms with van der Waals surface area (Å²) in [7, 11) is -2.16. The van der Waals surface area contributed by atoms with Crippen molar-refractivity contribution < 1.29 is 4.79 Å². The second-order valence-corrected chi connectivity index (χ2v) is 11.2. The summed E-state index contributed by atoms with van der Waals surface area (Å²) < 4.78 is 0. The van der Waals surface area contributed by atoms with E-state index < -0.39 is 7.26 Å². The highest BCUT2D eigenvalue weighted by Gasteiger charge is 2.53. The van der Waals surface area contributed by atoms with Gasteiger partial charge in [0.05, 0.1) is 0 Å². The standard InChI is InChI=1S/C28H26OP/c1-23(29)22-28(24-14-6-2-7-15-24)30(25-16-8-3-9-17-25,26-18-10-4-11-19-26)27-20-12-5-13-21-27/h2-21,28H,22H2,1H3/q+1/t28-/m0/s1. The first-order chi connectivity index (χ1) is 14.7. The van der Waals surface area contributed by atoms with Gasteiger partial charge in [0.2, 0.25) is 0 Å². The number of hydrogen-bond donors (Lipinski definition) is 0. The Labute approximate surface area is 179 Å². The number of rotatable bonds is 7. The van der Waals surface area contributed by atoms with E-state index in [1.807, 2.05) is 6.07 Å². The first kappa shape index (κ1) is 20.3. The lowest BCUT2D eigenvalue weighted by molar-refractivity contribution is -0.117. The fourth-order valence-corrected chi connectivity index (χ4v) is 9.45. The SMILES string of the molecule is CC(=O)C[C@@H](c1ccccc1)[P+](c1ccccc1)(c1ccccc1)c1ccccc1. The third-order valence-electron chi connectivity index (χ3n) is 5.62. The van der Waals surface area contributed by atoms with Gasteiger partial charge in [-0.05, 0) is 48.9 Å². The van der Waals surface area contributed by atoms with Crippen LogP contribution in [0.2, 0.25) is 0 Å². The average molecular weight is 409 g/mol. The first-order valence-electron chi connectivity index (χ1n) is 10.3. The van der Waals surface area contributed by atoms with Crippen molar-refractivity contribution in [3.63, 3.8) is 0 Å². The van der Waals surface area contributed by atoms with Crippen LogP contribution < -0.4 is 15.9 Å². The molecule has 0 unspecified atom stereocenters. The van der Waals surface area contributed by atoms with Crippen LogP contribution in [0.15, 0.2) is 121 Å². The van der Waals surface area contributed by atoms with E-state index in [0.717, 1.165) is 0 Å². The minimum absolute atomic E-state index is 0.0726. The highest BCUT2D eigenvalue weighted by atomic mass is 31.2. The molecule has 0 fully saturated rings. The van der Waals surface area contributed by atoms with Crippen molar-refractivity contribution in [2.75, 3.05) is 0 Å². The molecule has 0 saturated carbocycles. The van der Waals surface area contributed by atoms with Crippen LogP contribution in [0, 0.1) is 0 Å². The molecule has 4 aromatic rings. The quantitative estimate of drug-likeness (QED) is 0.358. The Kier molecular flexibility index (Phi) is 6.21. The van der Waals surface area contributed by atoms with E-state index >= 15 is 0 Å². The van der Waals surface area contributed by atoms with Crippen LogP contribution in [-0.2, 0) is 4.79 Å². The maximum Gasteiger partial charge on any atom is 0.134 e. The fourth-order valence-electron chi connectivity index (χ4n) is 4.40. The molecular weight excluding hydrogens is 383 g/mol. The van der Waals surface area contributed by atoms with Crippen molar-refractivity contribution in [3.05, 3.63) is 127 Å². The van der Waals surface area contributed by atoms with Gasteiger partial charge in [-0.1, -0.05) is 84.9 Å². The third-order valence-corrected chi connectivity index (χ3v) is 10.4. The van der Waals surface area contributed by atoms with Crippen LogP contribution in [-0.4, -0.2) is 5.78 Å². The van der Waals surface area contributed by atoms with Gasteiger partial charge in [-0.25, -0.2) is 0 Å². The minimum atomic E-state index is -2.16. The Morgan fingerprint density at radius 3 is 1.27 bits per heavy atom. The summed E-state index contributed by atoms with van der Waals surface area (Å²) in [6, 6.07) is 42.9. The maximum absolute atomic E-state index is 12.6. The monoisotopic (exact) mass is 409 g/mol. The maximum atomic E-state index is 12.6. The molecule has 0 N–H and O–H groups in total. The van der Waals surface area contributed by atoms with E-state index in [1.165, 1.54) is 21.5 Å². The molecule has 4 aromatic carbocycles. The lowest BCUT2D eigenvalue weighted by Crippen LogP contribution is -2.36.